The SMILES string of the molecule is CCCCC(CC)CNC(=O)c1cc(S(=O)(=O)Cl)c(C)s1. The highest BCUT2D eigenvalue weighted by atomic mass is 35.7. The highest BCUT2D eigenvalue weighted by molar-refractivity contribution is 8.13. The van der Waals surface area contributed by atoms with E-state index in [1.807, 2.05) is 0 Å². The number of halogens is 1. The maximum Gasteiger partial charge on any atom is 0.262 e. The molecule has 0 aliphatic heterocycles. The molecule has 1 atom stereocenters. The van der Waals surface area contributed by atoms with Gasteiger partial charge in [0, 0.05) is 22.1 Å². The molecule has 1 unspecified atom stereocenters. The fourth-order valence-corrected chi connectivity index (χ4v) is 4.67. The van der Waals surface area contributed by atoms with Crippen molar-refractivity contribution >= 4 is 37.0 Å². The van der Waals surface area contributed by atoms with Crippen molar-refractivity contribution in [3.8, 4) is 0 Å². The molecule has 0 bridgehead atoms. The Morgan fingerprint density at radius 3 is 2.57 bits per heavy atom. The number of rotatable bonds is 8. The van der Waals surface area contributed by atoms with Crippen LogP contribution in [0.3, 0.4) is 0 Å². The average Bonchev–Trinajstić information content (AvgIpc) is 2.81. The highest BCUT2D eigenvalue weighted by Gasteiger charge is 2.20. The molecule has 0 spiro atoms. The Hall–Kier alpha value is -0.590. The van der Waals surface area contributed by atoms with Gasteiger partial charge in [0.2, 0.25) is 0 Å². The van der Waals surface area contributed by atoms with Crippen molar-refractivity contribution in [3.63, 3.8) is 0 Å². The number of unbranched alkanes of at least 4 members (excludes halogenated alkanes) is 1. The first-order valence-electron chi connectivity index (χ1n) is 7.12. The molecule has 0 radical (unpaired) electrons. The van der Waals surface area contributed by atoms with Gasteiger partial charge < -0.3 is 5.32 Å². The molecule has 0 fully saturated rings. The van der Waals surface area contributed by atoms with Crippen LogP contribution in [0.15, 0.2) is 11.0 Å². The molecule has 120 valence electrons. The molecule has 1 aromatic heterocycles. The lowest BCUT2D eigenvalue weighted by Gasteiger charge is -2.14. The first kappa shape index (κ1) is 18.5. The standard InChI is InChI=1S/C14H22ClNO3S2/c1-4-6-7-11(5-2)9-16-14(17)12-8-13(10(3)20-12)21(15,18)19/h8,11H,4-7,9H2,1-3H3,(H,16,17). The molecule has 0 aromatic carbocycles. The van der Waals surface area contributed by atoms with Crippen LogP contribution in [0.5, 0.6) is 0 Å². The van der Waals surface area contributed by atoms with Crippen LogP contribution in [0, 0.1) is 12.8 Å². The Morgan fingerprint density at radius 2 is 2.10 bits per heavy atom. The van der Waals surface area contributed by atoms with Crippen molar-refractivity contribution in [1.82, 2.24) is 5.32 Å². The number of carbonyl (C=O) groups excluding carboxylic acids is 1. The maximum absolute atomic E-state index is 12.1. The van der Waals surface area contributed by atoms with E-state index in [-0.39, 0.29) is 10.8 Å². The Morgan fingerprint density at radius 1 is 1.43 bits per heavy atom. The summed E-state index contributed by atoms with van der Waals surface area (Å²) in [6.45, 7) is 6.52. The monoisotopic (exact) mass is 351 g/mol. The Labute approximate surface area is 135 Å². The summed E-state index contributed by atoms with van der Waals surface area (Å²) in [5.41, 5.74) is 0. The van der Waals surface area contributed by atoms with Gasteiger partial charge in [-0.25, -0.2) is 8.42 Å². The summed E-state index contributed by atoms with van der Waals surface area (Å²) < 4.78 is 22.7. The zero-order chi connectivity index (χ0) is 16.0. The van der Waals surface area contributed by atoms with Crippen LogP contribution < -0.4 is 5.32 Å². The van der Waals surface area contributed by atoms with Gasteiger partial charge in [-0.15, -0.1) is 11.3 Å². The minimum Gasteiger partial charge on any atom is -0.351 e. The van der Waals surface area contributed by atoms with Crippen LogP contribution in [-0.2, 0) is 9.05 Å². The molecule has 7 heteroatoms. The van der Waals surface area contributed by atoms with Crippen molar-refractivity contribution in [2.24, 2.45) is 5.92 Å². The van der Waals surface area contributed by atoms with Crippen LogP contribution in [0.2, 0.25) is 0 Å². The summed E-state index contributed by atoms with van der Waals surface area (Å²) in [6.07, 6.45) is 4.41. The largest absolute Gasteiger partial charge is 0.351 e. The van der Waals surface area contributed by atoms with Crippen LogP contribution in [-0.4, -0.2) is 20.9 Å². The Balaban J connectivity index is 2.68. The van der Waals surface area contributed by atoms with Crippen molar-refractivity contribution in [2.75, 3.05) is 6.54 Å². The molecule has 1 N–H and O–H groups in total. The van der Waals surface area contributed by atoms with E-state index >= 15 is 0 Å². The molecule has 4 nitrogen and oxygen atoms in total. The van der Waals surface area contributed by atoms with Crippen molar-refractivity contribution in [3.05, 3.63) is 15.8 Å². The lowest BCUT2D eigenvalue weighted by atomic mass is 9.99. The Kier molecular flexibility index (Phi) is 7.16. The maximum atomic E-state index is 12.1. The zero-order valence-electron chi connectivity index (χ0n) is 12.6. The summed E-state index contributed by atoms with van der Waals surface area (Å²) >= 11 is 1.15. The number of aryl methyl sites for hydroxylation is 1. The third kappa shape index (κ3) is 5.60. The van der Waals surface area contributed by atoms with E-state index in [9.17, 15) is 13.2 Å². The molecule has 1 rings (SSSR count). The fraction of sp³-hybridized carbons (Fsp3) is 0.643. The topological polar surface area (TPSA) is 63.2 Å². The third-order valence-electron chi connectivity index (χ3n) is 3.45. The second kappa shape index (κ2) is 8.15. The van der Waals surface area contributed by atoms with E-state index in [0.29, 0.717) is 22.2 Å². The van der Waals surface area contributed by atoms with Crippen LogP contribution >= 0.6 is 22.0 Å². The summed E-state index contributed by atoms with van der Waals surface area (Å²) in [5.74, 6) is 0.232. The molecule has 1 heterocycles. The number of nitrogens with one attached hydrogen (secondary N) is 1. The molecule has 1 aromatic rings. The van der Waals surface area contributed by atoms with E-state index in [2.05, 4.69) is 19.2 Å². The molecule has 21 heavy (non-hydrogen) atoms. The first-order chi connectivity index (χ1) is 9.79. The Bertz CT molecular complexity index is 581. The number of carbonyl (C=O) groups is 1. The third-order valence-corrected chi connectivity index (χ3v) is 6.08. The molecule has 1 amide bonds. The first-order valence-corrected chi connectivity index (χ1v) is 10.2. The van der Waals surface area contributed by atoms with Gasteiger partial charge in [-0.05, 0) is 25.3 Å². The lowest BCUT2D eigenvalue weighted by Crippen LogP contribution is -2.28. The van der Waals surface area contributed by atoms with E-state index in [0.717, 1.165) is 37.0 Å². The predicted octanol–water partition coefficient (Wildman–Crippen LogP) is 3.93. The fourth-order valence-electron chi connectivity index (χ4n) is 2.09. The molecule has 0 saturated heterocycles. The lowest BCUT2D eigenvalue weighted by molar-refractivity contribution is 0.0950. The number of hydrogen-bond donors (Lipinski definition) is 1. The van der Waals surface area contributed by atoms with E-state index < -0.39 is 9.05 Å². The second-order valence-electron chi connectivity index (χ2n) is 5.10. The molecule has 0 saturated carbocycles. The van der Waals surface area contributed by atoms with Gasteiger partial charge in [0.1, 0.15) is 0 Å². The highest BCUT2D eigenvalue weighted by Crippen LogP contribution is 2.28. The van der Waals surface area contributed by atoms with Gasteiger partial charge in [-0.1, -0.05) is 33.1 Å². The normalized spacial score (nSPS) is 13.1. The zero-order valence-corrected chi connectivity index (χ0v) is 15.0. The van der Waals surface area contributed by atoms with Gasteiger partial charge in [-0.2, -0.15) is 0 Å². The average molecular weight is 352 g/mol. The minimum absolute atomic E-state index is 0.0253. The van der Waals surface area contributed by atoms with E-state index in [4.69, 9.17) is 10.7 Å². The number of thiophene rings is 1. The molecule has 0 aliphatic rings. The van der Waals surface area contributed by atoms with Crippen molar-refractivity contribution < 1.29 is 13.2 Å². The summed E-state index contributed by atoms with van der Waals surface area (Å²) in [4.78, 5) is 13.0. The van der Waals surface area contributed by atoms with Crippen molar-refractivity contribution in [1.29, 1.82) is 0 Å². The van der Waals surface area contributed by atoms with Gasteiger partial charge in [-0.3, -0.25) is 4.79 Å². The van der Waals surface area contributed by atoms with E-state index in [1.165, 1.54) is 6.07 Å². The second-order valence-corrected chi connectivity index (χ2v) is 8.89. The number of amides is 1. The molecular formula is C14H22ClNO3S2. The quantitative estimate of drug-likeness (QED) is 0.722. The van der Waals surface area contributed by atoms with Gasteiger partial charge >= 0.3 is 0 Å². The summed E-state index contributed by atoms with van der Waals surface area (Å²) in [5, 5.41) is 2.88. The van der Waals surface area contributed by atoms with Gasteiger partial charge in [0.15, 0.2) is 0 Å². The summed E-state index contributed by atoms with van der Waals surface area (Å²) in [7, 11) is 1.54. The smallest absolute Gasteiger partial charge is 0.262 e. The van der Waals surface area contributed by atoms with Gasteiger partial charge in [0.25, 0.3) is 15.0 Å². The molecular weight excluding hydrogens is 330 g/mol. The molecule has 0 aliphatic carbocycles. The predicted molar refractivity (Wildman–Crippen MR) is 87.7 cm³/mol. The van der Waals surface area contributed by atoms with Crippen LogP contribution in [0.4, 0.5) is 0 Å². The summed E-state index contributed by atoms with van der Waals surface area (Å²) in [6, 6.07) is 1.35. The van der Waals surface area contributed by atoms with E-state index in [1.54, 1.807) is 6.92 Å². The van der Waals surface area contributed by atoms with Gasteiger partial charge in [0.05, 0.1) is 9.77 Å². The van der Waals surface area contributed by atoms with Crippen LogP contribution in [0.25, 0.3) is 0 Å². The van der Waals surface area contributed by atoms with Crippen LogP contribution in [0.1, 0.15) is 54.1 Å². The van der Waals surface area contributed by atoms with Crippen molar-refractivity contribution in [2.45, 2.75) is 51.3 Å². The number of hydrogen-bond acceptors (Lipinski definition) is 4. The minimum atomic E-state index is -3.79.